The van der Waals surface area contributed by atoms with Crippen LogP contribution in [0.25, 0.3) is 0 Å². The molecule has 2 heterocycles. The smallest absolute Gasteiger partial charge is 0.251 e. The largest absolute Gasteiger partial charge is 0.372 e. The van der Waals surface area contributed by atoms with E-state index in [0.29, 0.717) is 25.3 Å². The van der Waals surface area contributed by atoms with Gasteiger partial charge in [-0.05, 0) is 47.4 Å². The molecule has 0 spiro atoms. The van der Waals surface area contributed by atoms with Gasteiger partial charge in [-0.1, -0.05) is 30.3 Å². The lowest BCUT2D eigenvalue weighted by atomic mass is 9.94. The molecule has 0 aromatic heterocycles. The summed E-state index contributed by atoms with van der Waals surface area (Å²) in [4.78, 5) is 12.4. The van der Waals surface area contributed by atoms with Gasteiger partial charge >= 0.3 is 0 Å². The van der Waals surface area contributed by atoms with Crippen LogP contribution in [0.1, 0.15) is 38.7 Å². The number of rotatable bonds is 3. The first-order valence-electron chi connectivity index (χ1n) is 8.10. The monoisotopic (exact) mass is 308 g/mol. The van der Waals surface area contributed by atoms with Crippen LogP contribution >= 0.6 is 0 Å². The Labute approximate surface area is 135 Å². The molecule has 2 N–H and O–H groups in total. The highest BCUT2D eigenvalue weighted by atomic mass is 16.5. The molecule has 2 aromatic carbocycles. The van der Waals surface area contributed by atoms with Gasteiger partial charge in [0.25, 0.3) is 5.91 Å². The van der Waals surface area contributed by atoms with Gasteiger partial charge in [-0.3, -0.25) is 4.79 Å². The molecule has 1 amide bonds. The lowest BCUT2D eigenvalue weighted by molar-refractivity contribution is 0.0949. The molecule has 1 atom stereocenters. The number of amides is 1. The van der Waals surface area contributed by atoms with Gasteiger partial charge in [-0.25, -0.2) is 0 Å². The Morgan fingerprint density at radius 2 is 2.00 bits per heavy atom. The van der Waals surface area contributed by atoms with Crippen molar-refractivity contribution in [2.45, 2.75) is 25.7 Å². The van der Waals surface area contributed by atoms with Gasteiger partial charge in [0.05, 0.1) is 13.2 Å². The van der Waals surface area contributed by atoms with E-state index in [1.165, 1.54) is 16.7 Å². The Kier molecular flexibility index (Phi) is 3.85. The minimum Gasteiger partial charge on any atom is -0.372 e. The number of carbonyl (C=O) groups is 1. The highest BCUT2D eigenvalue weighted by Gasteiger charge is 2.20. The third-order valence-corrected chi connectivity index (χ3v) is 4.67. The van der Waals surface area contributed by atoms with Crippen LogP contribution in [-0.2, 0) is 24.4 Å². The van der Waals surface area contributed by atoms with Crippen molar-refractivity contribution >= 4 is 5.91 Å². The molecule has 0 fully saturated rings. The van der Waals surface area contributed by atoms with E-state index in [1.54, 1.807) is 0 Å². The van der Waals surface area contributed by atoms with Crippen molar-refractivity contribution in [3.05, 3.63) is 70.3 Å². The molecule has 0 saturated carbocycles. The third-order valence-electron chi connectivity index (χ3n) is 4.67. The minimum absolute atomic E-state index is 0.0236. The first kappa shape index (κ1) is 14.4. The molecule has 0 saturated heterocycles. The Balaban J connectivity index is 1.44. The SMILES string of the molecule is O=C(NCC1NCCc2ccccc21)c1ccc2c(c1)COC2. The molecule has 118 valence electrons. The number of fused-ring (bicyclic) bond motifs is 2. The number of hydrogen-bond donors (Lipinski definition) is 2. The van der Waals surface area contributed by atoms with E-state index in [4.69, 9.17) is 4.74 Å². The van der Waals surface area contributed by atoms with E-state index in [9.17, 15) is 4.79 Å². The van der Waals surface area contributed by atoms with E-state index >= 15 is 0 Å². The molecule has 4 rings (SSSR count). The van der Waals surface area contributed by atoms with Gasteiger partial charge in [-0.2, -0.15) is 0 Å². The van der Waals surface area contributed by atoms with Gasteiger partial charge in [0.2, 0.25) is 0 Å². The minimum atomic E-state index is -0.0236. The van der Waals surface area contributed by atoms with Crippen molar-refractivity contribution in [3.63, 3.8) is 0 Å². The van der Waals surface area contributed by atoms with Crippen LogP contribution in [0.2, 0.25) is 0 Å². The normalized spacial score (nSPS) is 19.0. The summed E-state index contributed by atoms with van der Waals surface area (Å²) < 4.78 is 5.40. The molecule has 4 heteroatoms. The maximum absolute atomic E-state index is 12.4. The lowest BCUT2D eigenvalue weighted by Gasteiger charge is -2.27. The van der Waals surface area contributed by atoms with Gasteiger partial charge in [-0.15, -0.1) is 0 Å². The van der Waals surface area contributed by atoms with Crippen LogP contribution in [0, 0.1) is 0 Å². The van der Waals surface area contributed by atoms with Crippen molar-refractivity contribution < 1.29 is 9.53 Å². The summed E-state index contributed by atoms with van der Waals surface area (Å²) in [7, 11) is 0. The fourth-order valence-electron chi connectivity index (χ4n) is 3.39. The Morgan fingerprint density at radius 3 is 2.96 bits per heavy atom. The summed E-state index contributed by atoms with van der Waals surface area (Å²) in [5.41, 5.74) is 5.68. The summed E-state index contributed by atoms with van der Waals surface area (Å²) in [5.74, 6) is -0.0236. The second kappa shape index (κ2) is 6.14. The first-order chi connectivity index (χ1) is 11.3. The van der Waals surface area contributed by atoms with Crippen molar-refractivity contribution in [3.8, 4) is 0 Å². The van der Waals surface area contributed by atoms with Crippen LogP contribution < -0.4 is 10.6 Å². The zero-order chi connectivity index (χ0) is 15.6. The predicted octanol–water partition coefficient (Wildman–Crippen LogP) is 2.33. The lowest BCUT2D eigenvalue weighted by Crippen LogP contribution is -2.38. The fraction of sp³-hybridized carbons (Fsp3) is 0.316. The predicted molar refractivity (Wildman–Crippen MR) is 88.2 cm³/mol. The number of nitrogens with one attached hydrogen (secondary N) is 2. The van der Waals surface area contributed by atoms with Crippen LogP contribution in [0.15, 0.2) is 42.5 Å². The van der Waals surface area contributed by atoms with Crippen LogP contribution in [0.3, 0.4) is 0 Å². The molecule has 0 radical (unpaired) electrons. The zero-order valence-electron chi connectivity index (χ0n) is 13.0. The molecular formula is C19H20N2O2. The second-order valence-electron chi connectivity index (χ2n) is 6.14. The molecule has 0 bridgehead atoms. The summed E-state index contributed by atoms with van der Waals surface area (Å²) in [6, 6.07) is 14.4. The Bertz CT molecular complexity index is 742. The quantitative estimate of drug-likeness (QED) is 0.915. The molecule has 0 aliphatic carbocycles. The average Bonchev–Trinajstić information content (AvgIpc) is 3.07. The van der Waals surface area contributed by atoms with Gasteiger partial charge in [0.15, 0.2) is 0 Å². The van der Waals surface area contributed by atoms with Crippen LogP contribution in [0.5, 0.6) is 0 Å². The van der Waals surface area contributed by atoms with Crippen molar-refractivity contribution in [2.75, 3.05) is 13.1 Å². The topological polar surface area (TPSA) is 50.4 Å². The third kappa shape index (κ3) is 2.87. The number of ether oxygens (including phenoxy) is 1. The molecule has 23 heavy (non-hydrogen) atoms. The van der Waals surface area contributed by atoms with Gasteiger partial charge in [0.1, 0.15) is 0 Å². The van der Waals surface area contributed by atoms with Crippen LogP contribution in [0.4, 0.5) is 0 Å². The van der Waals surface area contributed by atoms with E-state index in [1.807, 2.05) is 18.2 Å². The van der Waals surface area contributed by atoms with Crippen molar-refractivity contribution in [2.24, 2.45) is 0 Å². The standard InChI is InChI=1S/C19H20N2O2/c22-19(14-5-6-15-11-23-12-16(15)9-14)21-10-18-17-4-2-1-3-13(17)7-8-20-18/h1-6,9,18,20H,7-8,10-12H2,(H,21,22). The first-order valence-corrected chi connectivity index (χ1v) is 8.10. The second-order valence-corrected chi connectivity index (χ2v) is 6.14. The number of hydrogen-bond acceptors (Lipinski definition) is 3. The molecule has 2 aromatic rings. The molecule has 2 aliphatic rings. The summed E-state index contributed by atoms with van der Waals surface area (Å²) in [6.07, 6.45) is 1.05. The van der Waals surface area contributed by atoms with Crippen molar-refractivity contribution in [1.29, 1.82) is 0 Å². The molecule has 1 unspecified atom stereocenters. The summed E-state index contributed by atoms with van der Waals surface area (Å²) in [5, 5.41) is 6.55. The summed E-state index contributed by atoms with van der Waals surface area (Å²) in [6.45, 7) is 2.81. The molecule has 2 aliphatic heterocycles. The number of benzene rings is 2. The maximum Gasteiger partial charge on any atom is 0.251 e. The van der Waals surface area contributed by atoms with Gasteiger partial charge < -0.3 is 15.4 Å². The Hall–Kier alpha value is -2.17. The number of carbonyl (C=O) groups excluding carboxylic acids is 1. The maximum atomic E-state index is 12.4. The van der Waals surface area contributed by atoms with E-state index in [2.05, 4.69) is 34.9 Å². The van der Waals surface area contributed by atoms with Gasteiger partial charge in [0, 0.05) is 18.2 Å². The zero-order valence-corrected chi connectivity index (χ0v) is 13.0. The molecular weight excluding hydrogens is 288 g/mol. The molecule has 4 nitrogen and oxygen atoms in total. The average molecular weight is 308 g/mol. The summed E-state index contributed by atoms with van der Waals surface area (Å²) >= 11 is 0. The Morgan fingerprint density at radius 1 is 1.13 bits per heavy atom. The van der Waals surface area contributed by atoms with E-state index in [-0.39, 0.29) is 11.9 Å². The van der Waals surface area contributed by atoms with Crippen molar-refractivity contribution in [1.82, 2.24) is 10.6 Å². The van der Waals surface area contributed by atoms with E-state index in [0.717, 1.165) is 18.5 Å². The highest BCUT2D eigenvalue weighted by molar-refractivity contribution is 5.94. The highest BCUT2D eigenvalue weighted by Crippen LogP contribution is 2.23. The van der Waals surface area contributed by atoms with E-state index < -0.39 is 0 Å². The fourth-order valence-corrected chi connectivity index (χ4v) is 3.39. The van der Waals surface area contributed by atoms with Crippen LogP contribution in [-0.4, -0.2) is 19.0 Å².